The Labute approximate surface area is 139 Å². The van der Waals surface area contributed by atoms with E-state index in [0.29, 0.717) is 12.5 Å². The number of hydrogen-bond acceptors (Lipinski definition) is 4. The van der Waals surface area contributed by atoms with Crippen LogP contribution in [0.4, 0.5) is 0 Å². The molecule has 5 heteroatoms. The first-order chi connectivity index (χ1) is 11.1. The second kappa shape index (κ2) is 8.89. The number of morpholine rings is 1. The van der Waals surface area contributed by atoms with Gasteiger partial charge in [0.2, 0.25) is 0 Å². The Morgan fingerprint density at radius 1 is 1.30 bits per heavy atom. The van der Waals surface area contributed by atoms with Gasteiger partial charge in [0, 0.05) is 26.2 Å². The van der Waals surface area contributed by atoms with Crippen LogP contribution in [0.1, 0.15) is 18.1 Å². The van der Waals surface area contributed by atoms with Gasteiger partial charge in [0.1, 0.15) is 5.75 Å². The highest BCUT2D eigenvalue weighted by Crippen LogP contribution is 2.21. The van der Waals surface area contributed by atoms with E-state index in [1.165, 1.54) is 0 Å². The number of amides is 1. The molecule has 1 N–H and O–H groups in total. The zero-order valence-corrected chi connectivity index (χ0v) is 14.4. The summed E-state index contributed by atoms with van der Waals surface area (Å²) in [4.78, 5) is 14.3. The SMILES string of the molecule is Cc1cccc(C)c1OCC(=O)NCC(C)CN1CCOCC1. The highest BCUT2D eigenvalue weighted by atomic mass is 16.5. The number of hydrogen-bond donors (Lipinski definition) is 1. The van der Waals surface area contributed by atoms with Gasteiger partial charge in [-0.2, -0.15) is 0 Å². The number of nitrogens with one attached hydrogen (secondary N) is 1. The largest absolute Gasteiger partial charge is 0.483 e. The van der Waals surface area contributed by atoms with E-state index < -0.39 is 0 Å². The van der Waals surface area contributed by atoms with Gasteiger partial charge in [-0.1, -0.05) is 25.1 Å². The first-order valence-corrected chi connectivity index (χ1v) is 8.32. The van der Waals surface area contributed by atoms with Gasteiger partial charge in [0.05, 0.1) is 13.2 Å². The Bertz CT molecular complexity index is 493. The van der Waals surface area contributed by atoms with Crippen molar-refractivity contribution < 1.29 is 14.3 Å². The van der Waals surface area contributed by atoms with Crippen LogP contribution in [0.5, 0.6) is 5.75 Å². The molecule has 1 unspecified atom stereocenters. The first-order valence-electron chi connectivity index (χ1n) is 8.32. The Morgan fingerprint density at radius 3 is 2.61 bits per heavy atom. The highest BCUT2D eigenvalue weighted by molar-refractivity contribution is 5.77. The van der Waals surface area contributed by atoms with Gasteiger partial charge in [0.25, 0.3) is 5.91 Å². The van der Waals surface area contributed by atoms with Crippen LogP contribution < -0.4 is 10.1 Å². The van der Waals surface area contributed by atoms with Gasteiger partial charge in [-0.05, 0) is 30.9 Å². The summed E-state index contributed by atoms with van der Waals surface area (Å²) < 4.78 is 11.0. The lowest BCUT2D eigenvalue weighted by molar-refractivity contribution is -0.123. The van der Waals surface area contributed by atoms with Gasteiger partial charge in [-0.15, -0.1) is 0 Å². The fourth-order valence-electron chi connectivity index (χ4n) is 2.79. The lowest BCUT2D eigenvalue weighted by atomic mass is 10.1. The minimum absolute atomic E-state index is 0.0654. The van der Waals surface area contributed by atoms with Crippen molar-refractivity contribution in [2.24, 2.45) is 5.92 Å². The lowest BCUT2D eigenvalue weighted by Crippen LogP contribution is -2.42. The van der Waals surface area contributed by atoms with Crippen LogP contribution in [-0.2, 0) is 9.53 Å². The predicted octanol–water partition coefficient (Wildman–Crippen LogP) is 1.77. The molecule has 2 rings (SSSR count). The van der Waals surface area contributed by atoms with E-state index in [1.54, 1.807) is 0 Å². The topological polar surface area (TPSA) is 50.8 Å². The van der Waals surface area contributed by atoms with Crippen LogP contribution in [0.25, 0.3) is 0 Å². The van der Waals surface area contributed by atoms with Crippen molar-refractivity contribution in [3.63, 3.8) is 0 Å². The molecule has 5 nitrogen and oxygen atoms in total. The van der Waals surface area contributed by atoms with Gasteiger partial charge in [0.15, 0.2) is 6.61 Å². The Hall–Kier alpha value is -1.59. The van der Waals surface area contributed by atoms with E-state index in [-0.39, 0.29) is 12.5 Å². The summed E-state index contributed by atoms with van der Waals surface area (Å²) in [6.07, 6.45) is 0. The number of benzene rings is 1. The van der Waals surface area contributed by atoms with Crippen molar-refractivity contribution in [3.05, 3.63) is 29.3 Å². The molecule has 0 saturated carbocycles. The Balaban J connectivity index is 1.68. The van der Waals surface area contributed by atoms with E-state index >= 15 is 0 Å². The van der Waals surface area contributed by atoms with Gasteiger partial charge in [-0.3, -0.25) is 9.69 Å². The smallest absolute Gasteiger partial charge is 0.257 e. The molecule has 0 aliphatic carbocycles. The van der Waals surface area contributed by atoms with E-state index in [1.807, 2.05) is 32.0 Å². The average molecular weight is 320 g/mol. The molecule has 1 atom stereocenters. The molecule has 0 spiro atoms. The van der Waals surface area contributed by atoms with Gasteiger partial charge < -0.3 is 14.8 Å². The van der Waals surface area contributed by atoms with Crippen LogP contribution in [0.3, 0.4) is 0 Å². The maximum absolute atomic E-state index is 12.0. The zero-order chi connectivity index (χ0) is 16.7. The van der Waals surface area contributed by atoms with E-state index in [9.17, 15) is 4.79 Å². The fourth-order valence-corrected chi connectivity index (χ4v) is 2.79. The van der Waals surface area contributed by atoms with E-state index in [2.05, 4.69) is 17.1 Å². The summed E-state index contributed by atoms with van der Waals surface area (Å²) in [5, 5.41) is 2.96. The molecule has 1 heterocycles. The number of para-hydroxylation sites is 1. The van der Waals surface area contributed by atoms with Crippen molar-refractivity contribution in [3.8, 4) is 5.75 Å². The fraction of sp³-hybridized carbons (Fsp3) is 0.611. The lowest BCUT2D eigenvalue weighted by Gasteiger charge is -2.29. The van der Waals surface area contributed by atoms with Crippen molar-refractivity contribution >= 4 is 5.91 Å². The summed E-state index contributed by atoms with van der Waals surface area (Å²) in [5.41, 5.74) is 2.11. The predicted molar refractivity (Wildman–Crippen MR) is 90.8 cm³/mol. The second-order valence-electron chi connectivity index (χ2n) is 6.33. The highest BCUT2D eigenvalue weighted by Gasteiger charge is 2.14. The molecular formula is C18H28N2O3. The molecule has 1 fully saturated rings. The number of rotatable bonds is 7. The third kappa shape index (κ3) is 5.84. The molecule has 0 radical (unpaired) electrons. The first kappa shape index (κ1) is 17.8. The normalized spacial score (nSPS) is 16.8. The van der Waals surface area contributed by atoms with Crippen molar-refractivity contribution in [2.45, 2.75) is 20.8 Å². The summed E-state index contributed by atoms with van der Waals surface area (Å²) >= 11 is 0. The van der Waals surface area contributed by atoms with Crippen molar-refractivity contribution in [2.75, 3.05) is 46.0 Å². The molecule has 1 saturated heterocycles. The van der Waals surface area contributed by atoms with Crippen molar-refractivity contribution in [1.82, 2.24) is 10.2 Å². The maximum atomic E-state index is 12.0. The summed E-state index contributed by atoms with van der Waals surface area (Å²) in [6.45, 7) is 11.4. The molecule has 1 aromatic rings. The molecule has 1 aliphatic heterocycles. The number of aryl methyl sites for hydroxylation is 2. The number of ether oxygens (including phenoxy) is 2. The molecule has 1 amide bonds. The second-order valence-corrected chi connectivity index (χ2v) is 6.33. The summed E-state index contributed by atoms with van der Waals surface area (Å²) in [6, 6.07) is 5.97. The third-order valence-electron chi connectivity index (χ3n) is 4.08. The molecule has 128 valence electrons. The van der Waals surface area contributed by atoms with Crippen LogP contribution >= 0.6 is 0 Å². The van der Waals surface area contributed by atoms with Crippen molar-refractivity contribution in [1.29, 1.82) is 0 Å². The summed E-state index contributed by atoms with van der Waals surface area (Å²) in [5.74, 6) is 1.16. The molecule has 1 aromatic carbocycles. The quantitative estimate of drug-likeness (QED) is 0.832. The third-order valence-corrected chi connectivity index (χ3v) is 4.08. The molecular weight excluding hydrogens is 292 g/mol. The van der Waals surface area contributed by atoms with E-state index in [0.717, 1.165) is 49.7 Å². The monoisotopic (exact) mass is 320 g/mol. The van der Waals surface area contributed by atoms with Gasteiger partial charge >= 0.3 is 0 Å². The molecule has 0 aromatic heterocycles. The van der Waals surface area contributed by atoms with E-state index in [4.69, 9.17) is 9.47 Å². The zero-order valence-electron chi connectivity index (χ0n) is 14.4. The molecule has 1 aliphatic rings. The maximum Gasteiger partial charge on any atom is 0.257 e. The summed E-state index contributed by atoms with van der Waals surface area (Å²) in [7, 11) is 0. The van der Waals surface area contributed by atoms with Crippen LogP contribution in [0, 0.1) is 19.8 Å². The van der Waals surface area contributed by atoms with Gasteiger partial charge in [-0.25, -0.2) is 0 Å². The minimum atomic E-state index is -0.0681. The van der Waals surface area contributed by atoms with Crippen LogP contribution in [0.15, 0.2) is 18.2 Å². The number of carbonyl (C=O) groups excluding carboxylic acids is 1. The number of carbonyl (C=O) groups is 1. The number of nitrogens with zero attached hydrogens (tertiary/aromatic N) is 1. The van der Waals surface area contributed by atoms with Crippen LogP contribution in [0.2, 0.25) is 0 Å². The molecule has 23 heavy (non-hydrogen) atoms. The molecule has 0 bridgehead atoms. The average Bonchev–Trinajstić information content (AvgIpc) is 2.53. The minimum Gasteiger partial charge on any atom is -0.483 e. The van der Waals surface area contributed by atoms with Crippen LogP contribution in [-0.4, -0.2) is 56.8 Å². The Kier molecular flexibility index (Phi) is 6.86. The standard InChI is InChI=1S/C18H28N2O3/c1-14(12-20-7-9-22-10-8-20)11-19-17(21)13-23-18-15(2)5-4-6-16(18)3/h4-6,14H,7-13H2,1-3H3,(H,19,21). The Morgan fingerprint density at radius 2 is 1.96 bits per heavy atom.